The largest absolute Gasteiger partial charge is 0.508 e. The van der Waals surface area contributed by atoms with Crippen LogP contribution in [-0.4, -0.2) is 36.4 Å². The van der Waals surface area contributed by atoms with Gasteiger partial charge in [-0.25, -0.2) is 9.59 Å². The van der Waals surface area contributed by atoms with Crippen molar-refractivity contribution in [2.24, 2.45) is 5.73 Å². The first-order chi connectivity index (χ1) is 14.8. The molecule has 0 saturated heterocycles. The van der Waals surface area contributed by atoms with Gasteiger partial charge in [0.2, 0.25) is 0 Å². The van der Waals surface area contributed by atoms with Gasteiger partial charge in [0.05, 0.1) is 43.0 Å². The fourth-order valence-corrected chi connectivity index (χ4v) is 3.45. The van der Waals surface area contributed by atoms with E-state index in [1.54, 1.807) is 30.3 Å². The Kier molecular flexibility index (Phi) is 5.83. The van der Waals surface area contributed by atoms with Gasteiger partial charge in [-0.1, -0.05) is 30.3 Å². The number of nitrogens with two attached hydrogens (primary N) is 1. The molecule has 158 valence electrons. The first-order valence-electron chi connectivity index (χ1n) is 9.03. The lowest BCUT2D eigenvalue weighted by Crippen LogP contribution is -2.40. The van der Waals surface area contributed by atoms with Crippen molar-refractivity contribution >= 4 is 17.6 Å². The molecule has 1 unspecified atom stereocenters. The number of ether oxygens (including phenoxy) is 2. The molecule has 3 rings (SSSR count). The highest BCUT2D eigenvalue weighted by molar-refractivity contribution is 6.06. The predicted octanol–water partition coefficient (Wildman–Crippen LogP) is 2.00. The molecule has 4 N–H and O–H groups in total. The van der Waals surface area contributed by atoms with Crippen molar-refractivity contribution in [1.82, 2.24) is 0 Å². The number of esters is 2. The van der Waals surface area contributed by atoms with E-state index in [1.807, 2.05) is 6.07 Å². The van der Waals surface area contributed by atoms with E-state index in [4.69, 9.17) is 15.2 Å². The Labute approximate surface area is 177 Å². The van der Waals surface area contributed by atoms with E-state index in [0.717, 1.165) is 25.2 Å². The van der Waals surface area contributed by atoms with Crippen LogP contribution in [-0.2, 0) is 19.1 Å². The topological polar surface area (TPSA) is 146 Å². The SMILES string of the molecule is COC(=O)C1=C(C(=O)OC)N(c2cc(O)ccc2O)C(N)=C(C#N)C1c1ccccc1. The minimum atomic E-state index is -1.02. The number of aromatic hydroxyl groups is 2. The summed E-state index contributed by atoms with van der Waals surface area (Å²) in [5, 5.41) is 30.2. The van der Waals surface area contributed by atoms with Crippen LogP contribution in [0.2, 0.25) is 0 Å². The maximum atomic E-state index is 12.9. The molecule has 0 spiro atoms. The average molecular weight is 421 g/mol. The van der Waals surface area contributed by atoms with Crippen molar-refractivity contribution in [3.8, 4) is 17.6 Å². The van der Waals surface area contributed by atoms with Crippen molar-refractivity contribution < 1.29 is 29.3 Å². The zero-order valence-corrected chi connectivity index (χ0v) is 16.7. The van der Waals surface area contributed by atoms with Gasteiger partial charge in [-0.3, -0.25) is 4.90 Å². The van der Waals surface area contributed by atoms with Gasteiger partial charge in [-0.05, 0) is 17.7 Å². The number of benzene rings is 2. The normalized spacial score (nSPS) is 16.0. The number of carbonyl (C=O) groups is 2. The van der Waals surface area contributed by atoms with Crippen LogP contribution < -0.4 is 10.6 Å². The number of allylic oxidation sites excluding steroid dienone is 1. The second kappa shape index (κ2) is 8.51. The van der Waals surface area contributed by atoms with Crippen molar-refractivity contribution in [2.45, 2.75) is 5.92 Å². The summed E-state index contributed by atoms with van der Waals surface area (Å²) >= 11 is 0. The zero-order valence-electron chi connectivity index (χ0n) is 16.7. The van der Waals surface area contributed by atoms with Crippen molar-refractivity contribution in [1.29, 1.82) is 5.26 Å². The lowest BCUT2D eigenvalue weighted by Gasteiger charge is -2.36. The number of methoxy groups -OCH3 is 2. The molecule has 9 nitrogen and oxygen atoms in total. The maximum absolute atomic E-state index is 12.9. The Morgan fingerprint density at radius 2 is 1.71 bits per heavy atom. The number of phenolic OH excluding ortho intramolecular Hbond substituents is 2. The van der Waals surface area contributed by atoms with Gasteiger partial charge in [0.1, 0.15) is 23.0 Å². The summed E-state index contributed by atoms with van der Waals surface area (Å²) < 4.78 is 9.80. The van der Waals surface area contributed by atoms with Crippen LogP contribution in [0.25, 0.3) is 0 Å². The third-order valence-electron chi connectivity index (χ3n) is 4.81. The molecule has 0 saturated carbocycles. The minimum absolute atomic E-state index is 0.0537. The summed E-state index contributed by atoms with van der Waals surface area (Å²) in [7, 11) is 2.25. The molecule has 1 aliphatic heterocycles. The fraction of sp³-hybridized carbons (Fsp3) is 0.136. The molecule has 31 heavy (non-hydrogen) atoms. The third-order valence-corrected chi connectivity index (χ3v) is 4.81. The zero-order chi connectivity index (χ0) is 22.7. The molecule has 0 radical (unpaired) electrons. The van der Waals surface area contributed by atoms with Crippen LogP contribution >= 0.6 is 0 Å². The molecule has 0 bridgehead atoms. The molecule has 1 atom stereocenters. The van der Waals surface area contributed by atoms with E-state index in [1.165, 1.54) is 12.1 Å². The molecule has 2 aromatic carbocycles. The highest BCUT2D eigenvalue weighted by atomic mass is 16.5. The molecule has 1 heterocycles. The van der Waals surface area contributed by atoms with Crippen molar-refractivity contribution in [3.63, 3.8) is 0 Å². The van der Waals surface area contributed by atoms with Crippen LogP contribution in [0, 0.1) is 11.3 Å². The van der Waals surface area contributed by atoms with E-state index in [9.17, 15) is 25.1 Å². The number of nitrogens with zero attached hydrogens (tertiary/aromatic N) is 2. The molecule has 1 aliphatic rings. The summed E-state index contributed by atoms with van der Waals surface area (Å²) in [6, 6.07) is 14.1. The highest BCUT2D eigenvalue weighted by Crippen LogP contribution is 2.45. The number of hydrogen-bond acceptors (Lipinski definition) is 9. The first kappa shape index (κ1) is 21.3. The van der Waals surface area contributed by atoms with E-state index in [2.05, 4.69) is 0 Å². The van der Waals surface area contributed by atoms with Crippen molar-refractivity contribution in [3.05, 3.63) is 76.8 Å². The lowest BCUT2D eigenvalue weighted by atomic mass is 9.81. The number of anilines is 1. The number of nitriles is 1. The first-order valence-corrected chi connectivity index (χ1v) is 9.03. The smallest absolute Gasteiger partial charge is 0.355 e. The Morgan fingerprint density at radius 3 is 2.29 bits per heavy atom. The van der Waals surface area contributed by atoms with Gasteiger partial charge in [-0.15, -0.1) is 0 Å². The standard InChI is InChI=1S/C22H19N3O6/c1-30-21(28)18-17(12-6-4-3-5-7-12)14(11-23)20(24)25(19(18)22(29)31-2)15-10-13(26)8-9-16(15)27/h3-10,17,26-27H,24H2,1-2H3. The Balaban J connectivity index is 2.45. The third kappa shape index (κ3) is 3.62. The van der Waals surface area contributed by atoms with Gasteiger partial charge in [0.25, 0.3) is 0 Å². The van der Waals surface area contributed by atoms with Gasteiger partial charge in [0, 0.05) is 6.07 Å². The predicted molar refractivity (Wildman–Crippen MR) is 109 cm³/mol. The number of carbonyl (C=O) groups excluding carboxylic acids is 2. The minimum Gasteiger partial charge on any atom is -0.508 e. The van der Waals surface area contributed by atoms with E-state index < -0.39 is 17.9 Å². The van der Waals surface area contributed by atoms with Crippen LogP contribution in [0.3, 0.4) is 0 Å². The summed E-state index contributed by atoms with van der Waals surface area (Å²) in [6.45, 7) is 0. The summed E-state index contributed by atoms with van der Waals surface area (Å²) in [6.07, 6.45) is 0. The van der Waals surface area contributed by atoms with Gasteiger partial charge < -0.3 is 25.4 Å². The number of hydrogen-bond donors (Lipinski definition) is 3. The monoisotopic (exact) mass is 421 g/mol. The van der Waals surface area contributed by atoms with E-state index >= 15 is 0 Å². The van der Waals surface area contributed by atoms with Gasteiger partial charge in [-0.2, -0.15) is 5.26 Å². The number of rotatable bonds is 4. The van der Waals surface area contributed by atoms with Crippen LogP contribution in [0.4, 0.5) is 5.69 Å². The highest BCUT2D eigenvalue weighted by Gasteiger charge is 2.43. The summed E-state index contributed by atoms with van der Waals surface area (Å²) in [4.78, 5) is 26.7. The molecule has 0 aliphatic carbocycles. The molecular weight excluding hydrogens is 402 g/mol. The Morgan fingerprint density at radius 1 is 1.06 bits per heavy atom. The average Bonchev–Trinajstić information content (AvgIpc) is 2.79. The van der Waals surface area contributed by atoms with Gasteiger partial charge in [0.15, 0.2) is 0 Å². The van der Waals surface area contributed by atoms with Crippen LogP contribution in [0.5, 0.6) is 11.5 Å². The molecule has 2 aromatic rings. The van der Waals surface area contributed by atoms with E-state index in [-0.39, 0.29) is 39.9 Å². The molecule has 0 fully saturated rings. The molecule has 0 aromatic heterocycles. The summed E-state index contributed by atoms with van der Waals surface area (Å²) in [5.41, 5.74) is 6.09. The second-order valence-electron chi connectivity index (χ2n) is 6.51. The Hall–Kier alpha value is -4.45. The fourth-order valence-electron chi connectivity index (χ4n) is 3.45. The van der Waals surface area contributed by atoms with E-state index in [0.29, 0.717) is 5.56 Å². The maximum Gasteiger partial charge on any atom is 0.355 e. The van der Waals surface area contributed by atoms with Crippen LogP contribution in [0.15, 0.2) is 71.2 Å². The Bertz CT molecular complexity index is 1150. The number of phenols is 2. The molecule has 0 amide bonds. The second-order valence-corrected chi connectivity index (χ2v) is 6.51. The van der Waals surface area contributed by atoms with Gasteiger partial charge >= 0.3 is 11.9 Å². The quantitative estimate of drug-likeness (QED) is 0.498. The molecular formula is C22H19N3O6. The van der Waals surface area contributed by atoms with Crippen molar-refractivity contribution in [2.75, 3.05) is 19.1 Å². The lowest BCUT2D eigenvalue weighted by molar-refractivity contribution is -0.139. The summed E-state index contributed by atoms with van der Waals surface area (Å²) in [5.74, 6) is -3.69. The van der Waals surface area contributed by atoms with Crippen LogP contribution in [0.1, 0.15) is 11.5 Å². The molecule has 9 heteroatoms.